The van der Waals surface area contributed by atoms with Crippen LogP contribution in [-0.2, 0) is 6.42 Å². The Morgan fingerprint density at radius 1 is 1.33 bits per heavy atom. The average molecular weight is 284 g/mol. The minimum absolute atomic E-state index is 0.190. The molecule has 108 valence electrons. The number of pyridine rings is 1. The molecule has 0 saturated heterocycles. The Bertz CT molecular complexity index is 692. The van der Waals surface area contributed by atoms with Crippen molar-refractivity contribution < 1.29 is 4.79 Å². The van der Waals surface area contributed by atoms with Crippen LogP contribution < -0.4 is 10.9 Å². The van der Waals surface area contributed by atoms with E-state index < -0.39 is 0 Å². The summed E-state index contributed by atoms with van der Waals surface area (Å²) in [6.45, 7) is 0.496. The second-order valence-electron chi connectivity index (χ2n) is 5.15. The van der Waals surface area contributed by atoms with Crippen LogP contribution in [0.15, 0.2) is 35.4 Å². The molecule has 0 bridgehead atoms. The maximum absolute atomic E-state index is 12.0. The number of carbonyl (C=O) groups excluding carboxylic acids is 1. The number of aromatic nitrogens is 3. The highest BCUT2D eigenvalue weighted by Gasteiger charge is 2.27. The van der Waals surface area contributed by atoms with E-state index in [-0.39, 0.29) is 17.2 Å². The maximum Gasteiger partial charge on any atom is 0.270 e. The molecule has 0 aliphatic heterocycles. The second kappa shape index (κ2) is 5.87. The first-order valence-electron chi connectivity index (χ1n) is 7.01. The highest BCUT2D eigenvalue weighted by molar-refractivity contribution is 5.92. The molecule has 1 aliphatic rings. The van der Waals surface area contributed by atoms with Crippen LogP contribution >= 0.6 is 0 Å². The molecule has 6 heteroatoms. The number of carbonyl (C=O) groups is 1. The first-order chi connectivity index (χ1) is 10.2. The van der Waals surface area contributed by atoms with Gasteiger partial charge in [0.1, 0.15) is 11.5 Å². The molecule has 2 aromatic rings. The van der Waals surface area contributed by atoms with Crippen molar-refractivity contribution in [2.45, 2.75) is 25.2 Å². The topological polar surface area (TPSA) is 87.7 Å². The Balaban J connectivity index is 1.61. The van der Waals surface area contributed by atoms with E-state index in [1.54, 1.807) is 12.4 Å². The van der Waals surface area contributed by atoms with Gasteiger partial charge < -0.3 is 10.3 Å². The number of H-pyrrole nitrogens is 1. The van der Waals surface area contributed by atoms with E-state index in [9.17, 15) is 9.59 Å². The Hall–Kier alpha value is -2.50. The van der Waals surface area contributed by atoms with Gasteiger partial charge in [0.15, 0.2) is 0 Å². The van der Waals surface area contributed by atoms with E-state index >= 15 is 0 Å². The summed E-state index contributed by atoms with van der Waals surface area (Å²) >= 11 is 0. The fourth-order valence-corrected chi connectivity index (χ4v) is 2.10. The van der Waals surface area contributed by atoms with Crippen LogP contribution in [0.2, 0.25) is 0 Å². The van der Waals surface area contributed by atoms with Crippen LogP contribution in [0.4, 0.5) is 0 Å². The summed E-state index contributed by atoms with van der Waals surface area (Å²) in [7, 11) is 0. The molecule has 1 saturated carbocycles. The summed E-state index contributed by atoms with van der Waals surface area (Å²) in [6, 6.07) is 5.05. The molecule has 0 aromatic carbocycles. The van der Waals surface area contributed by atoms with Crippen molar-refractivity contribution in [1.29, 1.82) is 0 Å². The highest BCUT2D eigenvalue weighted by atomic mass is 16.2. The van der Waals surface area contributed by atoms with Crippen molar-refractivity contribution in [2.75, 3.05) is 6.54 Å². The van der Waals surface area contributed by atoms with E-state index in [2.05, 4.69) is 20.3 Å². The lowest BCUT2D eigenvalue weighted by atomic mass is 10.2. The second-order valence-corrected chi connectivity index (χ2v) is 5.15. The van der Waals surface area contributed by atoms with Crippen molar-refractivity contribution in [1.82, 2.24) is 20.3 Å². The van der Waals surface area contributed by atoms with Gasteiger partial charge in [-0.3, -0.25) is 14.6 Å². The predicted molar refractivity (Wildman–Crippen MR) is 77.1 cm³/mol. The summed E-state index contributed by atoms with van der Waals surface area (Å²) in [5.74, 6) is 0.626. The van der Waals surface area contributed by atoms with Gasteiger partial charge in [-0.1, -0.05) is 0 Å². The van der Waals surface area contributed by atoms with Crippen LogP contribution in [0.3, 0.4) is 0 Å². The fourth-order valence-electron chi connectivity index (χ4n) is 2.10. The highest BCUT2D eigenvalue weighted by Crippen LogP contribution is 2.37. The molecule has 2 aromatic heterocycles. The molecular weight excluding hydrogens is 268 g/mol. The smallest absolute Gasteiger partial charge is 0.270 e. The van der Waals surface area contributed by atoms with Gasteiger partial charge in [-0.25, -0.2) is 4.98 Å². The first kappa shape index (κ1) is 13.5. The zero-order chi connectivity index (χ0) is 14.7. The summed E-state index contributed by atoms with van der Waals surface area (Å²) < 4.78 is 0. The van der Waals surface area contributed by atoms with E-state index in [0.29, 0.717) is 24.7 Å². The lowest BCUT2D eigenvalue weighted by Gasteiger charge is -2.06. The third-order valence-electron chi connectivity index (χ3n) is 3.41. The SMILES string of the molecule is O=C(NCCc1ccncc1)c1cc(=O)[nH]c(C2CC2)n1. The van der Waals surface area contributed by atoms with Gasteiger partial charge in [-0.05, 0) is 37.0 Å². The monoisotopic (exact) mass is 284 g/mol. The summed E-state index contributed by atoms with van der Waals surface area (Å²) in [4.78, 5) is 34.5. The normalized spacial score (nSPS) is 13.9. The number of nitrogens with zero attached hydrogens (tertiary/aromatic N) is 2. The molecule has 0 spiro atoms. The zero-order valence-electron chi connectivity index (χ0n) is 11.5. The van der Waals surface area contributed by atoms with Crippen molar-refractivity contribution >= 4 is 5.91 Å². The standard InChI is InChI=1S/C15H16N4O2/c20-13-9-12(18-14(19-13)11-1-2-11)15(21)17-8-5-10-3-6-16-7-4-10/h3-4,6-7,9,11H,1-2,5,8H2,(H,17,21)(H,18,19,20). The molecule has 2 N–H and O–H groups in total. The van der Waals surface area contributed by atoms with Gasteiger partial charge in [0.05, 0.1) is 0 Å². The zero-order valence-corrected chi connectivity index (χ0v) is 11.5. The van der Waals surface area contributed by atoms with E-state index in [1.165, 1.54) is 6.07 Å². The largest absolute Gasteiger partial charge is 0.350 e. The Labute approximate surface area is 121 Å². The molecule has 1 fully saturated rings. The van der Waals surface area contributed by atoms with Gasteiger partial charge in [0.25, 0.3) is 11.5 Å². The Morgan fingerprint density at radius 3 is 2.81 bits per heavy atom. The number of hydrogen-bond acceptors (Lipinski definition) is 4. The Morgan fingerprint density at radius 2 is 2.10 bits per heavy atom. The third-order valence-corrected chi connectivity index (χ3v) is 3.41. The molecule has 2 heterocycles. The molecule has 0 radical (unpaired) electrons. The van der Waals surface area contributed by atoms with E-state index in [4.69, 9.17) is 0 Å². The number of nitrogens with one attached hydrogen (secondary N) is 2. The van der Waals surface area contributed by atoms with Crippen LogP contribution in [0, 0.1) is 0 Å². The van der Waals surface area contributed by atoms with Gasteiger partial charge in [-0.15, -0.1) is 0 Å². The molecular formula is C15H16N4O2. The molecule has 1 aliphatic carbocycles. The molecule has 1 amide bonds. The summed E-state index contributed by atoms with van der Waals surface area (Å²) in [5.41, 5.74) is 1.02. The third kappa shape index (κ3) is 3.53. The maximum atomic E-state index is 12.0. The lowest BCUT2D eigenvalue weighted by molar-refractivity contribution is 0.0948. The molecule has 0 unspecified atom stereocenters. The average Bonchev–Trinajstić information content (AvgIpc) is 3.32. The summed E-state index contributed by atoms with van der Waals surface area (Å²) in [6.07, 6.45) is 6.20. The number of rotatable bonds is 5. The fraction of sp³-hybridized carbons (Fsp3) is 0.333. The summed E-state index contributed by atoms with van der Waals surface area (Å²) in [5, 5.41) is 2.79. The van der Waals surface area contributed by atoms with Crippen molar-refractivity contribution in [3.8, 4) is 0 Å². The van der Waals surface area contributed by atoms with E-state index in [1.807, 2.05) is 12.1 Å². The predicted octanol–water partition coefficient (Wildman–Crippen LogP) is 1.01. The minimum atomic E-state index is -0.308. The van der Waals surface area contributed by atoms with Crippen molar-refractivity contribution in [2.24, 2.45) is 0 Å². The molecule has 6 nitrogen and oxygen atoms in total. The van der Waals surface area contributed by atoms with Gasteiger partial charge in [0.2, 0.25) is 0 Å². The van der Waals surface area contributed by atoms with Crippen molar-refractivity contribution in [3.05, 3.63) is 58.0 Å². The minimum Gasteiger partial charge on any atom is -0.350 e. The van der Waals surface area contributed by atoms with Gasteiger partial charge in [-0.2, -0.15) is 0 Å². The quantitative estimate of drug-likeness (QED) is 0.858. The van der Waals surface area contributed by atoms with E-state index in [0.717, 1.165) is 18.4 Å². The Kier molecular flexibility index (Phi) is 3.77. The van der Waals surface area contributed by atoms with Crippen LogP contribution in [0.5, 0.6) is 0 Å². The number of hydrogen-bond donors (Lipinski definition) is 2. The van der Waals surface area contributed by atoms with Gasteiger partial charge in [0, 0.05) is 30.9 Å². The number of amides is 1. The van der Waals surface area contributed by atoms with Crippen molar-refractivity contribution in [3.63, 3.8) is 0 Å². The molecule has 3 rings (SSSR count). The first-order valence-corrected chi connectivity index (χ1v) is 7.01. The van der Waals surface area contributed by atoms with Crippen LogP contribution in [0.25, 0.3) is 0 Å². The van der Waals surface area contributed by atoms with Crippen LogP contribution in [-0.4, -0.2) is 27.4 Å². The molecule has 0 atom stereocenters. The van der Waals surface area contributed by atoms with Gasteiger partial charge >= 0.3 is 0 Å². The number of aromatic amines is 1. The van der Waals surface area contributed by atoms with Crippen LogP contribution in [0.1, 0.15) is 40.6 Å². The lowest BCUT2D eigenvalue weighted by Crippen LogP contribution is -2.28. The molecule has 21 heavy (non-hydrogen) atoms.